The number of ketones is 1. The molecule has 1 saturated heterocycles. The van der Waals surface area contributed by atoms with Crippen molar-refractivity contribution >= 4 is 16.6 Å². The predicted octanol–water partition coefficient (Wildman–Crippen LogP) is 3.92. The number of piperidine rings is 1. The van der Waals surface area contributed by atoms with Gasteiger partial charge in [0.2, 0.25) is 0 Å². The summed E-state index contributed by atoms with van der Waals surface area (Å²) in [6.45, 7) is 7.64. The molecule has 0 spiro atoms. The van der Waals surface area contributed by atoms with Gasteiger partial charge in [0, 0.05) is 28.9 Å². The second-order valence-electron chi connectivity index (χ2n) is 8.54. The van der Waals surface area contributed by atoms with E-state index in [4.69, 9.17) is 9.72 Å². The van der Waals surface area contributed by atoms with E-state index in [1.165, 1.54) is 5.39 Å². The zero-order chi connectivity index (χ0) is 22.1. The number of pyridine rings is 2. The standard InChI is InChI=1S/C25H29N3O3/c1-15-11-16(2)27-25(30)24(15)22(29)14-28-9-7-18(8-10-28)21-12-20-17(3)23(31-4)6-5-19(20)13-26-21/h5-6,11-13,18H,7-10,14H2,1-4H3,(H,27,30). The number of nitrogens with one attached hydrogen (secondary N) is 1. The normalized spacial score (nSPS) is 15.4. The Balaban J connectivity index is 1.45. The minimum atomic E-state index is -0.288. The van der Waals surface area contributed by atoms with Gasteiger partial charge in [0.25, 0.3) is 5.56 Å². The smallest absolute Gasteiger partial charge is 0.259 e. The first-order valence-electron chi connectivity index (χ1n) is 10.8. The van der Waals surface area contributed by atoms with Crippen LogP contribution in [-0.2, 0) is 0 Å². The number of benzene rings is 1. The summed E-state index contributed by atoms with van der Waals surface area (Å²) < 4.78 is 5.47. The van der Waals surface area contributed by atoms with Crippen LogP contribution in [0.15, 0.2) is 35.3 Å². The summed E-state index contributed by atoms with van der Waals surface area (Å²) in [6, 6.07) is 8.06. The van der Waals surface area contributed by atoms with Gasteiger partial charge in [-0.15, -0.1) is 0 Å². The van der Waals surface area contributed by atoms with Gasteiger partial charge in [0.05, 0.1) is 19.2 Å². The fourth-order valence-corrected chi connectivity index (χ4v) is 4.68. The largest absolute Gasteiger partial charge is 0.496 e. The second kappa shape index (κ2) is 8.63. The van der Waals surface area contributed by atoms with Crippen LogP contribution in [0.5, 0.6) is 5.75 Å². The molecule has 0 radical (unpaired) electrons. The molecular weight excluding hydrogens is 390 g/mol. The number of Topliss-reactive ketones (excluding diaryl/α,β-unsaturated/α-hetero) is 1. The minimum Gasteiger partial charge on any atom is -0.496 e. The molecule has 1 N–H and O–H groups in total. The zero-order valence-electron chi connectivity index (χ0n) is 18.6. The molecule has 0 unspecified atom stereocenters. The molecule has 3 heterocycles. The van der Waals surface area contributed by atoms with E-state index >= 15 is 0 Å². The molecule has 162 valence electrons. The van der Waals surface area contributed by atoms with E-state index in [1.807, 2.05) is 38.2 Å². The Morgan fingerprint density at radius 3 is 2.61 bits per heavy atom. The van der Waals surface area contributed by atoms with Crippen molar-refractivity contribution < 1.29 is 9.53 Å². The summed E-state index contributed by atoms with van der Waals surface area (Å²) in [4.78, 5) is 34.6. The number of aromatic amines is 1. The van der Waals surface area contributed by atoms with Crippen molar-refractivity contribution in [3.63, 3.8) is 0 Å². The van der Waals surface area contributed by atoms with Crippen LogP contribution in [0.4, 0.5) is 0 Å². The van der Waals surface area contributed by atoms with Crippen molar-refractivity contribution in [3.05, 3.63) is 68.9 Å². The van der Waals surface area contributed by atoms with Gasteiger partial charge >= 0.3 is 0 Å². The van der Waals surface area contributed by atoms with E-state index in [1.54, 1.807) is 7.11 Å². The lowest BCUT2D eigenvalue weighted by Crippen LogP contribution is -2.38. The molecule has 6 heteroatoms. The van der Waals surface area contributed by atoms with Crippen LogP contribution in [0.2, 0.25) is 0 Å². The molecule has 0 aliphatic carbocycles. The highest BCUT2D eigenvalue weighted by Crippen LogP contribution is 2.32. The number of hydrogen-bond donors (Lipinski definition) is 1. The quantitative estimate of drug-likeness (QED) is 0.635. The van der Waals surface area contributed by atoms with Crippen molar-refractivity contribution in [2.24, 2.45) is 0 Å². The third kappa shape index (κ3) is 4.26. The highest BCUT2D eigenvalue weighted by Gasteiger charge is 2.25. The topological polar surface area (TPSA) is 75.3 Å². The van der Waals surface area contributed by atoms with E-state index < -0.39 is 0 Å². The van der Waals surface area contributed by atoms with Crippen LogP contribution in [0.1, 0.15) is 51.6 Å². The summed E-state index contributed by atoms with van der Waals surface area (Å²) in [6.07, 6.45) is 3.83. The first kappa shape index (κ1) is 21.2. The van der Waals surface area contributed by atoms with Crippen molar-refractivity contribution in [3.8, 4) is 5.75 Å². The van der Waals surface area contributed by atoms with Crippen molar-refractivity contribution in [2.75, 3.05) is 26.7 Å². The van der Waals surface area contributed by atoms with Crippen LogP contribution in [-0.4, -0.2) is 47.4 Å². The summed E-state index contributed by atoms with van der Waals surface area (Å²) in [5.74, 6) is 1.15. The van der Waals surface area contributed by atoms with Crippen molar-refractivity contribution in [1.29, 1.82) is 0 Å². The molecule has 3 aromatic rings. The Labute approximate surface area is 182 Å². The average Bonchev–Trinajstić information content (AvgIpc) is 2.74. The summed E-state index contributed by atoms with van der Waals surface area (Å²) in [5, 5.41) is 2.29. The van der Waals surface area contributed by atoms with Gasteiger partial charge in [0.15, 0.2) is 5.78 Å². The highest BCUT2D eigenvalue weighted by molar-refractivity contribution is 5.98. The first-order chi connectivity index (χ1) is 14.9. The second-order valence-corrected chi connectivity index (χ2v) is 8.54. The Hall–Kier alpha value is -2.99. The summed E-state index contributed by atoms with van der Waals surface area (Å²) in [7, 11) is 1.69. The fraction of sp³-hybridized carbons (Fsp3) is 0.400. The van der Waals surface area contributed by atoms with Crippen LogP contribution >= 0.6 is 0 Å². The van der Waals surface area contributed by atoms with Crippen LogP contribution < -0.4 is 10.3 Å². The van der Waals surface area contributed by atoms with Gasteiger partial charge in [-0.3, -0.25) is 19.5 Å². The van der Waals surface area contributed by atoms with Gasteiger partial charge in [-0.05, 0) is 87.5 Å². The molecule has 6 nitrogen and oxygen atoms in total. The predicted molar refractivity (Wildman–Crippen MR) is 122 cm³/mol. The zero-order valence-corrected chi connectivity index (χ0v) is 18.6. The molecule has 0 atom stereocenters. The number of rotatable bonds is 5. The van der Waals surface area contributed by atoms with E-state index in [0.717, 1.165) is 59.6 Å². The monoisotopic (exact) mass is 419 g/mol. The maximum absolute atomic E-state index is 12.8. The maximum Gasteiger partial charge on any atom is 0.259 e. The number of likely N-dealkylation sites (tertiary alicyclic amines) is 1. The fourth-order valence-electron chi connectivity index (χ4n) is 4.68. The number of hydrogen-bond acceptors (Lipinski definition) is 5. The Morgan fingerprint density at radius 2 is 1.94 bits per heavy atom. The van der Waals surface area contributed by atoms with E-state index in [-0.39, 0.29) is 23.5 Å². The van der Waals surface area contributed by atoms with Crippen LogP contribution in [0.25, 0.3) is 10.8 Å². The molecule has 1 aliphatic heterocycles. The lowest BCUT2D eigenvalue weighted by atomic mass is 9.91. The Kier molecular flexibility index (Phi) is 5.92. The van der Waals surface area contributed by atoms with E-state index in [9.17, 15) is 9.59 Å². The molecule has 0 amide bonds. The third-order valence-corrected chi connectivity index (χ3v) is 6.38. The SMILES string of the molecule is COc1ccc2cnc(C3CCN(CC(=O)c4c(C)cc(C)[nH]c4=O)CC3)cc2c1C. The summed E-state index contributed by atoms with van der Waals surface area (Å²) in [5.41, 5.74) is 3.74. The molecule has 2 aromatic heterocycles. The van der Waals surface area contributed by atoms with Crippen LogP contribution in [0, 0.1) is 20.8 Å². The molecule has 31 heavy (non-hydrogen) atoms. The number of methoxy groups -OCH3 is 1. The lowest BCUT2D eigenvalue weighted by molar-refractivity contribution is 0.0907. The molecule has 0 saturated carbocycles. The maximum atomic E-state index is 12.8. The van der Waals surface area contributed by atoms with E-state index in [2.05, 4.69) is 22.9 Å². The number of carbonyl (C=O) groups is 1. The number of nitrogens with zero attached hydrogens (tertiary/aromatic N) is 2. The van der Waals surface area contributed by atoms with E-state index in [0.29, 0.717) is 5.92 Å². The summed E-state index contributed by atoms with van der Waals surface area (Å²) >= 11 is 0. The number of aryl methyl sites for hydroxylation is 3. The average molecular weight is 420 g/mol. The minimum absolute atomic E-state index is 0.108. The van der Waals surface area contributed by atoms with Crippen molar-refractivity contribution in [2.45, 2.75) is 39.5 Å². The number of H-pyrrole nitrogens is 1. The van der Waals surface area contributed by atoms with Gasteiger partial charge in [-0.25, -0.2) is 0 Å². The molecular formula is C25H29N3O3. The van der Waals surface area contributed by atoms with Gasteiger partial charge in [-0.1, -0.05) is 0 Å². The number of carbonyl (C=O) groups excluding carboxylic acids is 1. The van der Waals surface area contributed by atoms with Gasteiger partial charge < -0.3 is 9.72 Å². The lowest BCUT2D eigenvalue weighted by Gasteiger charge is -2.31. The number of ether oxygens (including phenoxy) is 1. The van der Waals surface area contributed by atoms with Crippen LogP contribution in [0.3, 0.4) is 0 Å². The molecule has 4 rings (SSSR count). The molecule has 1 aromatic carbocycles. The molecule has 1 aliphatic rings. The number of fused-ring (bicyclic) bond motifs is 1. The van der Waals surface area contributed by atoms with Crippen molar-refractivity contribution in [1.82, 2.24) is 14.9 Å². The Morgan fingerprint density at radius 1 is 1.19 bits per heavy atom. The first-order valence-corrected chi connectivity index (χ1v) is 10.8. The molecule has 1 fully saturated rings. The highest BCUT2D eigenvalue weighted by atomic mass is 16.5. The number of aromatic nitrogens is 2. The molecule has 0 bridgehead atoms. The third-order valence-electron chi connectivity index (χ3n) is 6.38. The van der Waals surface area contributed by atoms with Gasteiger partial charge in [0.1, 0.15) is 5.75 Å². The van der Waals surface area contributed by atoms with Gasteiger partial charge in [-0.2, -0.15) is 0 Å². The Bertz CT molecular complexity index is 1190.